The predicted molar refractivity (Wildman–Crippen MR) is 124 cm³/mol. The number of nitrogens with zero attached hydrogens (tertiary/aromatic N) is 2. The number of amides is 1. The van der Waals surface area contributed by atoms with Crippen molar-refractivity contribution in [2.24, 2.45) is 5.41 Å². The van der Waals surface area contributed by atoms with E-state index in [4.69, 9.17) is 9.47 Å². The Morgan fingerprint density at radius 3 is 2.45 bits per heavy atom. The SMILES string of the molecule is O=C(N1CC2(CC[C@H](N3CCC(c4ccccc4OC4CCOCC4)CC3)C2)C1)C1(F)CC1. The number of alkyl halides is 1. The van der Waals surface area contributed by atoms with E-state index in [1.807, 2.05) is 0 Å². The summed E-state index contributed by atoms with van der Waals surface area (Å²) in [5.74, 6) is 1.39. The highest BCUT2D eigenvalue weighted by atomic mass is 19.1. The molecule has 1 atom stereocenters. The number of rotatable bonds is 5. The van der Waals surface area contributed by atoms with Gasteiger partial charge in [0.1, 0.15) is 11.9 Å². The van der Waals surface area contributed by atoms with Crippen LogP contribution in [0.5, 0.6) is 5.75 Å². The summed E-state index contributed by atoms with van der Waals surface area (Å²) in [7, 11) is 0. The van der Waals surface area contributed by atoms with Crippen LogP contribution in [0.4, 0.5) is 4.39 Å². The van der Waals surface area contributed by atoms with Crippen molar-refractivity contribution in [2.45, 2.75) is 81.5 Å². The molecule has 0 bridgehead atoms. The zero-order chi connectivity index (χ0) is 22.5. The molecule has 0 radical (unpaired) electrons. The second kappa shape index (κ2) is 8.53. The fraction of sp³-hybridized carbons (Fsp3) is 0.741. The fourth-order valence-corrected chi connectivity index (χ4v) is 6.76. The van der Waals surface area contributed by atoms with Crippen molar-refractivity contribution in [3.05, 3.63) is 29.8 Å². The number of para-hydroxylation sites is 1. The maximum Gasteiger partial charge on any atom is 0.260 e. The van der Waals surface area contributed by atoms with Crippen LogP contribution in [-0.2, 0) is 9.53 Å². The summed E-state index contributed by atoms with van der Waals surface area (Å²) in [5.41, 5.74) is 0.124. The molecule has 3 heterocycles. The topological polar surface area (TPSA) is 42.0 Å². The van der Waals surface area contributed by atoms with E-state index in [9.17, 15) is 9.18 Å². The van der Waals surface area contributed by atoms with Gasteiger partial charge in [-0.25, -0.2) is 4.39 Å². The Morgan fingerprint density at radius 2 is 1.73 bits per heavy atom. The van der Waals surface area contributed by atoms with Gasteiger partial charge in [-0.2, -0.15) is 0 Å². The van der Waals surface area contributed by atoms with Crippen LogP contribution >= 0.6 is 0 Å². The van der Waals surface area contributed by atoms with Gasteiger partial charge in [-0.1, -0.05) is 18.2 Å². The number of hydrogen-bond acceptors (Lipinski definition) is 4. The van der Waals surface area contributed by atoms with Crippen molar-refractivity contribution in [1.82, 2.24) is 9.80 Å². The van der Waals surface area contributed by atoms with Crippen LogP contribution in [-0.4, -0.2) is 72.9 Å². The normalized spacial score (nSPS) is 29.7. The molecule has 0 aromatic heterocycles. The average molecular weight is 457 g/mol. The summed E-state index contributed by atoms with van der Waals surface area (Å²) < 4.78 is 26.0. The molecule has 5 nitrogen and oxygen atoms in total. The van der Waals surface area contributed by atoms with Gasteiger partial charge in [0, 0.05) is 37.4 Å². The summed E-state index contributed by atoms with van der Waals surface area (Å²) >= 11 is 0. The number of likely N-dealkylation sites (tertiary alicyclic amines) is 2. The third-order valence-electron chi connectivity index (χ3n) is 8.96. The molecule has 5 aliphatic rings. The second-order valence-electron chi connectivity index (χ2n) is 11.3. The molecular weight excluding hydrogens is 419 g/mol. The van der Waals surface area contributed by atoms with E-state index in [0.717, 1.165) is 58.0 Å². The smallest absolute Gasteiger partial charge is 0.260 e. The van der Waals surface area contributed by atoms with Gasteiger partial charge in [-0.3, -0.25) is 4.79 Å². The molecular formula is C27H37FN2O3. The third-order valence-corrected chi connectivity index (χ3v) is 8.96. The van der Waals surface area contributed by atoms with Gasteiger partial charge >= 0.3 is 0 Å². The lowest BCUT2D eigenvalue weighted by Crippen LogP contribution is -2.60. The first-order valence-electron chi connectivity index (χ1n) is 13.1. The third kappa shape index (κ3) is 4.29. The van der Waals surface area contributed by atoms with Crippen LogP contribution < -0.4 is 4.74 Å². The summed E-state index contributed by atoms with van der Waals surface area (Å²) in [5, 5.41) is 0. The molecule has 1 aromatic rings. The molecule has 2 aliphatic carbocycles. The Labute approximate surface area is 196 Å². The van der Waals surface area contributed by atoms with Crippen molar-refractivity contribution in [1.29, 1.82) is 0 Å². The van der Waals surface area contributed by atoms with Crippen molar-refractivity contribution in [3.8, 4) is 5.75 Å². The first-order valence-corrected chi connectivity index (χ1v) is 13.1. The van der Waals surface area contributed by atoms with E-state index in [0.29, 0.717) is 24.8 Å². The van der Waals surface area contributed by atoms with Crippen molar-refractivity contribution < 1.29 is 18.7 Å². The van der Waals surface area contributed by atoms with Crippen molar-refractivity contribution in [3.63, 3.8) is 0 Å². The van der Waals surface area contributed by atoms with Crippen LogP contribution in [0.15, 0.2) is 24.3 Å². The molecule has 33 heavy (non-hydrogen) atoms. The fourth-order valence-electron chi connectivity index (χ4n) is 6.76. The zero-order valence-corrected chi connectivity index (χ0v) is 19.6. The number of piperidine rings is 1. The second-order valence-corrected chi connectivity index (χ2v) is 11.3. The first kappa shape index (κ1) is 21.8. The van der Waals surface area contributed by atoms with E-state index in [2.05, 4.69) is 29.2 Å². The molecule has 1 amide bonds. The zero-order valence-electron chi connectivity index (χ0n) is 19.6. The summed E-state index contributed by atoms with van der Waals surface area (Å²) in [6.45, 7) is 5.42. The molecule has 6 rings (SSSR count). The van der Waals surface area contributed by atoms with Crippen LogP contribution in [0, 0.1) is 5.41 Å². The first-order chi connectivity index (χ1) is 16.0. The van der Waals surface area contributed by atoms with Gasteiger partial charge in [-0.05, 0) is 75.6 Å². The van der Waals surface area contributed by atoms with Gasteiger partial charge in [-0.15, -0.1) is 0 Å². The highest BCUT2D eigenvalue weighted by Gasteiger charge is 2.58. The molecule has 3 saturated heterocycles. The number of benzene rings is 1. The Kier molecular flexibility index (Phi) is 5.65. The number of halogens is 1. The van der Waals surface area contributed by atoms with E-state index >= 15 is 0 Å². The van der Waals surface area contributed by atoms with Gasteiger partial charge < -0.3 is 19.3 Å². The summed E-state index contributed by atoms with van der Waals surface area (Å²) in [6, 6.07) is 9.26. The van der Waals surface area contributed by atoms with Crippen molar-refractivity contribution in [2.75, 3.05) is 39.4 Å². The number of carbonyl (C=O) groups is 1. The highest BCUT2D eigenvalue weighted by Crippen LogP contribution is 2.51. The molecule has 1 aromatic carbocycles. The quantitative estimate of drug-likeness (QED) is 0.662. The molecule has 1 spiro atoms. The van der Waals surface area contributed by atoms with Gasteiger partial charge in [0.2, 0.25) is 0 Å². The van der Waals surface area contributed by atoms with E-state index < -0.39 is 5.67 Å². The van der Waals surface area contributed by atoms with E-state index in [-0.39, 0.29) is 17.4 Å². The monoisotopic (exact) mass is 456 g/mol. The molecule has 180 valence electrons. The Morgan fingerprint density at radius 1 is 1.00 bits per heavy atom. The van der Waals surface area contributed by atoms with Crippen molar-refractivity contribution >= 4 is 5.91 Å². The van der Waals surface area contributed by atoms with Gasteiger partial charge in [0.05, 0.1) is 13.2 Å². The number of ether oxygens (including phenoxy) is 2. The lowest BCUT2D eigenvalue weighted by Gasteiger charge is -2.49. The van der Waals surface area contributed by atoms with Crippen LogP contribution in [0.3, 0.4) is 0 Å². The minimum atomic E-state index is -1.51. The molecule has 5 fully saturated rings. The molecule has 2 saturated carbocycles. The Hall–Kier alpha value is -1.66. The van der Waals surface area contributed by atoms with Crippen LogP contribution in [0.2, 0.25) is 0 Å². The Bertz CT molecular complexity index is 868. The van der Waals surface area contributed by atoms with Crippen LogP contribution in [0.1, 0.15) is 69.3 Å². The Balaban J connectivity index is 1.02. The largest absolute Gasteiger partial charge is 0.490 e. The van der Waals surface area contributed by atoms with E-state index in [1.54, 1.807) is 4.90 Å². The average Bonchev–Trinajstić information content (AvgIpc) is 3.42. The highest BCUT2D eigenvalue weighted by molar-refractivity contribution is 5.88. The lowest BCUT2D eigenvalue weighted by atomic mass is 9.77. The molecule has 0 N–H and O–H groups in total. The maximum atomic E-state index is 14.1. The predicted octanol–water partition coefficient (Wildman–Crippen LogP) is 4.31. The molecule has 3 aliphatic heterocycles. The lowest BCUT2D eigenvalue weighted by molar-refractivity contribution is -0.150. The standard InChI is InChI=1S/C27H37FN2O3/c28-27(11-12-27)25(31)30-18-26(19-30)10-5-21(17-26)29-13-6-20(7-14-29)23-3-1-2-4-24(23)33-22-8-15-32-16-9-22/h1-4,20-22H,5-19H2/t21-/m0/s1. The van der Waals surface area contributed by atoms with Crippen LogP contribution in [0.25, 0.3) is 0 Å². The molecule has 0 unspecified atom stereocenters. The number of carbonyl (C=O) groups excluding carboxylic acids is 1. The summed E-state index contributed by atoms with van der Waals surface area (Å²) in [4.78, 5) is 16.8. The van der Waals surface area contributed by atoms with Gasteiger partial charge in [0.15, 0.2) is 5.67 Å². The summed E-state index contributed by atoms with van der Waals surface area (Å²) in [6.07, 6.45) is 9.00. The maximum absolute atomic E-state index is 14.1. The number of hydrogen-bond donors (Lipinski definition) is 0. The van der Waals surface area contributed by atoms with E-state index in [1.165, 1.54) is 37.7 Å². The minimum absolute atomic E-state index is 0.237. The minimum Gasteiger partial charge on any atom is -0.490 e. The van der Waals surface area contributed by atoms with Gasteiger partial charge in [0.25, 0.3) is 5.91 Å². The molecule has 6 heteroatoms.